The predicted molar refractivity (Wildman–Crippen MR) is 294 cm³/mol. The van der Waals surface area contributed by atoms with Crippen molar-refractivity contribution in [3.05, 3.63) is 226 Å². The molecule has 2 heterocycles. The highest BCUT2D eigenvalue weighted by molar-refractivity contribution is 9.10. The van der Waals surface area contributed by atoms with E-state index in [2.05, 4.69) is 235 Å². The van der Waals surface area contributed by atoms with E-state index in [9.17, 15) is 5.26 Å². The number of fused-ring (bicyclic) bond motifs is 12. The Balaban J connectivity index is 0.000000348. The van der Waals surface area contributed by atoms with Gasteiger partial charge in [-0.1, -0.05) is 135 Å². The molecular weight excluding hydrogens is 881 g/mol. The largest absolute Gasteiger partial charge is 0.309 e. The SMILES string of the molecule is CC1(C)c2cc(Br)ccc2-c2ccc(C#N)cc21.CC1(C)c2cc(C#N)ccc2-c2ccc(-n3c4ccccc4c4cc(-c5ccc6c(c5)c5ccccc5n6-c5ccccc5)ccc43)cc21.[HH].[HH].[HH].[HH].[HH].[HH].[HH]. The van der Waals surface area contributed by atoms with Gasteiger partial charge in [0.05, 0.1) is 45.3 Å². The molecule has 0 bridgehead atoms. The Morgan fingerprint density at radius 2 is 0.806 bits per heavy atom. The molecule has 2 aromatic heterocycles. The summed E-state index contributed by atoms with van der Waals surface area (Å²) in [6.07, 6.45) is 0. The van der Waals surface area contributed by atoms with E-state index in [4.69, 9.17) is 5.26 Å². The molecule has 13 rings (SSSR count). The number of para-hydroxylation sites is 3. The molecule has 11 aromatic rings. The Labute approximate surface area is 408 Å². The summed E-state index contributed by atoms with van der Waals surface area (Å²) >= 11 is 3.54. The first-order valence-electron chi connectivity index (χ1n) is 22.7. The summed E-state index contributed by atoms with van der Waals surface area (Å²) in [5, 5.41) is 23.6. The zero-order valence-electron chi connectivity index (χ0n) is 37.6. The van der Waals surface area contributed by atoms with Crippen LogP contribution >= 0.6 is 15.9 Å². The van der Waals surface area contributed by atoms with Gasteiger partial charge in [-0.15, -0.1) is 0 Å². The molecule has 5 heteroatoms. The van der Waals surface area contributed by atoms with Crippen LogP contribution in [0.5, 0.6) is 0 Å². The maximum Gasteiger partial charge on any atom is 0.0991 e. The Morgan fingerprint density at radius 3 is 1.33 bits per heavy atom. The average Bonchev–Trinajstić information content (AvgIpc) is 4.02. The van der Waals surface area contributed by atoms with Crippen LogP contribution in [0.25, 0.3) is 88.4 Å². The van der Waals surface area contributed by atoms with E-state index >= 15 is 0 Å². The number of benzene rings is 9. The lowest BCUT2D eigenvalue weighted by molar-refractivity contribution is 0.659. The van der Waals surface area contributed by atoms with Gasteiger partial charge in [0.25, 0.3) is 0 Å². The average molecular weight is 938 g/mol. The summed E-state index contributed by atoms with van der Waals surface area (Å²) in [5.41, 5.74) is 20.8. The van der Waals surface area contributed by atoms with Crippen molar-refractivity contribution in [2.24, 2.45) is 0 Å². The van der Waals surface area contributed by atoms with Crippen molar-refractivity contribution in [3.63, 3.8) is 0 Å². The quantitative estimate of drug-likeness (QED) is 0.177. The minimum Gasteiger partial charge on any atom is -0.309 e. The van der Waals surface area contributed by atoms with Crippen molar-refractivity contribution in [1.82, 2.24) is 9.13 Å². The van der Waals surface area contributed by atoms with Crippen LogP contribution in [0.15, 0.2) is 193 Å². The lowest BCUT2D eigenvalue weighted by atomic mass is 9.82. The summed E-state index contributed by atoms with van der Waals surface area (Å²) in [6, 6.07) is 71.8. The molecule has 0 unspecified atom stereocenters. The molecule has 0 fully saturated rings. The summed E-state index contributed by atoms with van der Waals surface area (Å²) in [4.78, 5) is 0. The molecule has 2 aliphatic carbocycles. The number of nitrogens with zero attached hydrogens (tertiary/aromatic N) is 4. The van der Waals surface area contributed by atoms with Crippen molar-refractivity contribution >= 4 is 59.5 Å². The van der Waals surface area contributed by atoms with Gasteiger partial charge >= 0.3 is 0 Å². The maximum atomic E-state index is 9.60. The van der Waals surface area contributed by atoms with Crippen LogP contribution in [0.3, 0.4) is 0 Å². The van der Waals surface area contributed by atoms with Gasteiger partial charge in [-0.25, -0.2) is 0 Å². The van der Waals surface area contributed by atoms with Gasteiger partial charge in [0.15, 0.2) is 0 Å². The molecule has 0 aliphatic heterocycles. The van der Waals surface area contributed by atoms with Gasteiger partial charge in [-0.3, -0.25) is 0 Å². The Bertz CT molecular complexity index is 4000. The molecule has 0 amide bonds. The third-order valence-corrected chi connectivity index (χ3v) is 15.0. The highest BCUT2D eigenvalue weighted by Gasteiger charge is 2.37. The Morgan fingerprint density at radius 1 is 0.388 bits per heavy atom. The normalized spacial score (nSPS) is 13.7. The number of rotatable bonds is 3. The van der Waals surface area contributed by atoms with Crippen LogP contribution in [-0.2, 0) is 10.8 Å². The van der Waals surface area contributed by atoms with Gasteiger partial charge in [-0.05, 0) is 153 Å². The Hall–Kier alpha value is -7.96. The van der Waals surface area contributed by atoms with E-state index in [1.165, 1.54) is 105 Å². The molecule has 0 spiro atoms. The van der Waals surface area contributed by atoms with Crippen LogP contribution in [0.1, 0.15) is 71.1 Å². The van der Waals surface area contributed by atoms with Crippen molar-refractivity contribution in [2.75, 3.05) is 0 Å². The summed E-state index contributed by atoms with van der Waals surface area (Å²) in [7, 11) is 0. The molecule has 0 atom stereocenters. The lowest BCUT2D eigenvalue weighted by Gasteiger charge is -2.22. The fourth-order valence-electron chi connectivity index (χ4n) is 11.2. The lowest BCUT2D eigenvalue weighted by Crippen LogP contribution is -2.15. The predicted octanol–water partition coefficient (Wildman–Crippen LogP) is 18.1. The van der Waals surface area contributed by atoms with E-state index in [0.717, 1.165) is 15.7 Å². The fraction of sp³-hybridized carbons (Fsp3) is 0.0968. The van der Waals surface area contributed by atoms with E-state index in [0.29, 0.717) is 5.56 Å². The second-order valence-corrected chi connectivity index (χ2v) is 19.8. The first-order valence-corrected chi connectivity index (χ1v) is 23.5. The first-order chi connectivity index (χ1) is 32.5. The van der Waals surface area contributed by atoms with Crippen LogP contribution in [0, 0.1) is 22.7 Å². The van der Waals surface area contributed by atoms with Crippen molar-refractivity contribution in [1.29, 1.82) is 10.5 Å². The van der Waals surface area contributed by atoms with Crippen LogP contribution in [0.2, 0.25) is 0 Å². The molecule has 332 valence electrons. The van der Waals surface area contributed by atoms with Gasteiger partial charge in [0.1, 0.15) is 0 Å². The highest BCUT2D eigenvalue weighted by atomic mass is 79.9. The van der Waals surface area contributed by atoms with Crippen LogP contribution < -0.4 is 0 Å². The first kappa shape index (κ1) is 40.5. The molecule has 2 aliphatic rings. The van der Waals surface area contributed by atoms with Gasteiger partial charge < -0.3 is 9.13 Å². The molecule has 0 N–H and O–H groups in total. The molecule has 0 saturated carbocycles. The van der Waals surface area contributed by atoms with Crippen molar-refractivity contribution in [2.45, 2.75) is 38.5 Å². The molecule has 0 saturated heterocycles. The van der Waals surface area contributed by atoms with E-state index in [-0.39, 0.29) is 20.8 Å². The van der Waals surface area contributed by atoms with Crippen LogP contribution in [0.4, 0.5) is 0 Å². The summed E-state index contributed by atoms with van der Waals surface area (Å²) in [6.45, 7) is 8.97. The zero-order valence-corrected chi connectivity index (χ0v) is 39.2. The summed E-state index contributed by atoms with van der Waals surface area (Å²) < 4.78 is 5.87. The van der Waals surface area contributed by atoms with E-state index in [1.54, 1.807) is 0 Å². The number of nitriles is 2. The minimum absolute atomic E-state index is 0. The summed E-state index contributed by atoms with van der Waals surface area (Å²) in [5.74, 6) is 0. The topological polar surface area (TPSA) is 57.4 Å². The molecule has 0 radical (unpaired) electrons. The van der Waals surface area contributed by atoms with Gasteiger partial charge in [0, 0.05) is 58.2 Å². The van der Waals surface area contributed by atoms with Gasteiger partial charge in [0.2, 0.25) is 0 Å². The van der Waals surface area contributed by atoms with Crippen molar-refractivity contribution in [3.8, 4) is 56.9 Å². The standard InChI is InChI=1S/C46H31N3.C16H12BrN.7H2/c1-46(2)40-24-29(28-47)16-20-34(40)35-21-19-33(27-41(35)46)49-43-15-9-7-13-37(43)39-26-31(18-23-45(39)49)30-17-22-44-38(25-30)36-12-6-8-14-42(36)48(44)32-10-4-3-5-11-32;1-16(2)14-7-10(9-18)3-5-12(14)13-6-4-11(17)8-15(13)16;;;;;;;/h3-27H,1-2H3;3-8H,1-2H3;7*1H. The maximum absolute atomic E-state index is 9.60. The van der Waals surface area contributed by atoms with E-state index in [1.807, 2.05) is 18.2 Å². The molecule has 4 nitrogen and oxygen atoms in total. The Kier molecular flexibility index (Phi) is 9.10. The third kappa shape index (κ3) is 6.16. The molecule has 9 aromatic carbocycles. The second kappa shape index (κ2) is 15.0. The number of aromatic nitrogens is 2. The van der Waals surface area contributed by atoms with Crippen LogP contribution in [-0.4, -0.2) is 9.13 Å². The monoisotopic (exact) mass is 936 g/mol. The number of halogens is 1. The second-order valence-electron chi connectivity index (χ2n) is 18.9. The zero-order chi connectivity index (χ0) is 45.8. The fourth-order valence-corrected chi connectivity index (χ4v) is 11.5. The molecular formula is C62H57BrN4. The van der Waals surface area contributed by atoms with E-state index < -0.39 is 0 Å². The minimum atomic E-state index is -0.207. The third-order valence-electron chi connectivity index (χ3n) is 14.5. The smallest absolute Gasteiger partial charge is 0.0991 e. The number of hydrogen-bond donors (Lipinski definition) is 0. The van der Waals surface area contributed by atoms with Gasteiger partial charge in [-0.2, -0.15) is 10.5 Å². The number of hydrogen-bond acceptors (Lipinski definition) is 2. The highest BCUT2D eigenvalue weighted by Crippen LogP contribution is 2.51. The van der Waals surface area contributed by atoms with Crippen molar-refractivity contribution < 1.29 is 9.99 Å². The molecule has 67 heavy (non-hydrogen) atoms.